The highest BCUT2D eigenvalue weighted by Gasteiger charge is 2.28. The molecule has 0 spiro atoms. The van der Waals surface area contributed by atoms with E-state index in [9.17, 15) is 4.79 Å². The number of aromatic nitrogens is 2. The maximum atomic E-state index is 12.0. The molecule has 0 aliphatic carbocycles. The number of carbonyl (C=O) groups is 1. The number of carbonyl (C=O) groups excluding carboxylic acids is 1. The lowest BCUT2D eigenvalue weighted by Crippen LogP contribution is -2.48. The first kappa shape index (κ1) is 16.7. The summed E-state index contributed by atoms with van der Waals surface area (Å²) in [5, 5.41) is 16.2. The molecule has 1 aromatic heterocycles. The van der Waals surface area contributed by atoms with Crippen LogP contribution in [0.25, 0.3) is 0 Å². The predicted octanol–water partition coefficient (Wildman–Crippen LogP) is 0.745. The van der Waals surface area contributed by atoms with E-state index in [4.69, 9.17) is 5.11 Å². The van der Waals surface area contributed by atoms with Gasteiger partial charge in [-0.2, -0.15) is 5.10 Å². The third kappa shape index (κ3) is 3.96. The number of rotatable bonds is 7. The summed E-state index contributed by atoms with van der Waals surface area (Å²) >= 11 is 0. The average Bonchev–Trinajstić information content (AvgIpc) is 3.00. The first-order valence-corrected chi connectivity index (χ1v) is 7.92. The Morgan fingerprint density at radius 1 is 1.59 bits per heavy atom. The summed E-state index contributed by atoms with van der Waals surface area (Å²) in [7, 11) is 0. The topological polar surface area (TPSA) is 70.4 Å². The Kier molecular flexibility index (Phi) is 6.15. The summed E-state index contributed by atoms with van der Waals surface area (Å²) in [6, 6.07) is 1.93. The molecule has 0 radical (unpaired) electrons. The van der Waals surface area contributed by atoms with E-state index in [0.29, 0.717) is 19.0 Å². The van der Waals surface area contributed by atoms with E-state index >= 15 is 0 Å². The number of aliphatic hydroxyl groups is 1. The smallest absolute Gasteiger partial charge is 0.237 e. The molecule has 0 bridgehead atoms. The van der Waals surface area contributed by atoms with Crippen LogP contribution >= 0.6 is 0 Å². The van der Waals surface area contributed by atoms with Crippen molar-refractivity contribution < 1.29 is 9.90 Å². The average molecular weight is 306 g/mol. The fourth-order valence-electron chi connectivity index (χ4n) is 3.04. The SMILES string of the molecule is C=CCNC(=O)[C@@H](C)N1CCC(c2ccnn2CCO)CC1. The predicted molar refractivity (Wildman–Crippen MR) is 85.5 cm³/mol. The Morgan fingerprint density at radius 2 is 2.32 bits per heavy atom. The molecule has 2 N–H and O–H groups in total. The monoisotopic (exact) mass is 306 g/mol. The third-order valence-corrected chi connectivity index (χ3v) is 4.36. The van der Waals surface area contributed by atoms with Crippen LogP contribution in [-0.2, 0) is 11.3 Å². The van der Waals surface area contributed by atoms with Crippen molar-refractivity contribution >= 4 is 5.91 Å². The van der Waals surface area contributed by atoms with Crippen molar-refractivity contribution in [2.24, 2.45) is 0 Å². The Bertz CT molecular complexity index is 492. The summed E-state index contributed by atoms with van der Waals surface area (Å²) in [4.78, 5) is 14.2. The van der Waals surface area contributed by atoms with Crippen molar-refractivity contribution in [2.75, 3.05) is 26.2 Å². The maximum Gasteiger partial charge on any atom is 0.237 e. The number of nitrogens with zero attached hydrogens (tertiary/aromatic N) is 3. The Balaban J connectivity index is 1.88. The molecule has 22 heavy (non-hydrogen) atoms. The van der Waals surface area contributed by atoms with E-state index in [1.54, 1.807) is 12.3 Å². The zero-order valence-electron chi connectivity index (χ0n) is 13.2. The summed E-state index contributed by atoms with van der Waals surface area (Å²) in [6.45, 7) is 8.53. The van der Waals surface area contributed by atoms with Gasteiger partial charge in [-0.05, 0) is 38.9 Å². The van der Waals surface area contributed by atoms with Gasteiger partial charge < -0.3 is 10.4 Å². The minimum atomic E-state index is -0.108. The van der Waals surface area contributed by atoms with E-state index in [2.05, 4.69) is 21.9 Å². The molecular formula is C16H26N4O2. The zero-order chi connectivity index (χ0) is 15.9. The van der Waals surface area contributed by atoms with Crippen molar-refractivity contribution in [2.45, 2.75) is 38.3 Å². The first-order chi connectivity index (χ1) is 10.7. The number of likely N-dealkylation sites (tertiary alicyclic amines) is 1. The molecule has 2 rings (SSSR count). The van der Waals surface area contributed by atoms with Gasteiger partial charge in [0.1, 0.15) is 0 Å². The number of piperidine rings is 1. The van der Waals surface area contributed by atoms with Gasteiger partial charge in [0, 0.05) is 24.4 Å². The van der Waals surface area contributed by atoms with Crippen molar-refractivity contribution in [1.82, 2.24) is 20.0 Å². The highest BCUT2D eigenvalue weighted by atomic mass is 16.3. The normalized spacial score (nSPS) is 18.1. The van der Waals surface area contributed by atoms with Gasteiger partial charge in [-0.15, -0.1) is 6.58 Å². The van der Waals surface area contributed by atoms with Crippen LogP contribution in [0.15, 0.2) is 24.9 Å². The quantitative estimate of drug-likeness (QED) is 0.729. The lowest BCUT2D eigenvalue weighted by molar-refractivity contribution is -0.126. The molecule has 1 fully saturated rings. The second kappa shape index (κ2) is 8.10. The lowest BCUT2D eigenvalue weighted by atomic mass is 9.92. The Labute approximate surface area is 131 Å². The summed E-state index contributed by atoms with van der Waals surface area (Å²) in [5.74, 6) is 0.511. The standard InChI is InChI=1S/C16H26N4O2/c1-3-7-17-16(22)13(2)19-9-5-14(6-10-19)15-4-8-18-20(15)11-12-21/h3-4,8,13-14,21H,1,5-7,9-12H2,2H3,(H,17,22)/t13-/m1/s1. The molecule has 0 unspecified atom stereocenters. The van der Waals surface area contributed by atoms with E-state index in [-0.39, 0.29) is 18.6 Å². The van der Waals surface area contributed by atoms with E-state index in [1.807, 2.05) is 17.7 Å². The number of hydrogen-bond donors (Lipinski definition) is 2. The van der Waals surface area contributed by atoms with Crippen LogP contribution in [-0.4, -0.2) is 58.0 Å². The maximum absolute atomic E-state index is 12.0. The molecule has 1 atom stereocenters. The molecule has 0 saturated carbocycles. The molecule has 1 saturated heterocycles. The van der Waals surface area contributed by atoms with Gasteiger partial charge in [0.05, 0.1) is 19.2 Å². The van der Waals surface area contributed by atoms with Crippen LogP contribution in [0.4, 0.5) is 0 Å². The third-order valence-electron chi connectivity index (χ3n) is 4.36. The van der Waals surface area contributed by atoms with E-state index in [0.717, 1.165) is 25.9 Å². The van der Waals surface area contributed by atoms with Gasteiger partial charge in [-0.3, -0.25) is 14.4 Å². The van der Waals surface area contributed by atoms with Crippen LogP contribution in [0.2, 0.25) is 0 Å². The number of nitrogens with one attached hydrogen (secondary N) is 1. The molecule has 0 aromatic carbocycles. The van der Waals surface area contributed by atoms with Crippen molar-refractivity contribution in [1.29, 1.82) is 0 Å². The van der Waals surface area contributed by atoms with Crippen LogP contribution in [0.1, 0.15) is 31.4 Å². The second-order valence-corrected chi connectivity index (χ2v) is 5.72. The largest absolute Gasteiger partial charge is 0.394 e. The zero-order valence-corrected chi connectivity index (χ0v) is 13.2. The molecule has 122 valence electrons. The van der Waals surface area contributed by atoms with E-state index in [1.165, 1.54) is 5.69 Å². The van der Waals surface area contributed by atoms with Crippen molar-refractivity contribution in [3.63, 3.8) is 0 Å². The molecule has 6 nitrogen and oxygen atoms in total. The Hall–Kier alpha value is -1.66. The number of aliphatic hydroxyl groups excluding tert-OH is 1. The molecule has 1 aliphatic rings. The van der Waals surface area contributed by atoms with E-state index < -0.39 is 0 Å². The van der Waals surface area contributed by atoms with Crippen LogP contribution in [0, 0.1) is 0 Å². The minimum Gasteiger partial charge on any atom is -0.394 e. The van der Waals surface area contributed by atoms with Crippen molar-refractivity contribution in [3.05, 3.63) is 30.6 Å². The Morgan fingerprint density at radius 3 is 2.95 bits per heavy atom. The van der Waals surface area contributed by atoms with Gasteiger partial charge in [-0.25, -0.2) is 0 Å². The van der Waals surface area contributed by atoms with Crippen molar-refractivity contribution in [3.8, 4) is 0 Å². The first-order valence-electron chi connectivity index (χ1n) is 7.92. The van der Waals surface area contributed by atoms with Gasteiger partial charge >= 0.3 is 0 Å². The summed E-state index contributed by atoms with van der Waals surface area (Å²) < 4.78 is 1.89. The highest BCUT2D eigenvalue weighted by Crippen LogP contribution is 2.28. The molecular weight excluding hydrogens is 280 g/mol. The van der Waals surface area contributed by atoms with Crippen LogP contribution < -0.4 is 5.32 Å². The molecule has 6 heteroatoms. The highest BCUT2D eigenvalue weighted by molar-refractivity contribution is 5.81. The van der Waals surface area contributed by atoms with Crippen LogP contribution in [0.5, 0.6) is 0 Å². The summed E-state index contributed by atoms with van der Waals surface area (Å²) in [5.41, 5.74) is 1.19. The fraction of sp³-hybridized carbons (Fsp3) is 0.625. The van der Waals surface area contributed by atoms with Gasteiger partial charge in [0.25, 0.3) is 0 Å². The minimum absolute atomic E-state index is 0.0590. The molecule has 1 aromatic rings. The number of amides is 1. The second-order valence-electron chi connectivity index (χ2n) is 5.72. The lowest BCUT2D eigenvalue weighted by Gasteiger charge is -2.35. The van der Waals surface area contributed by atoms with Gasteiger partial charge in [0.2, 0.25) is 5.91 Å². The molecule has 1 aliphatic heterocycles. The van der Waals surface area contributed by atoms with Crippen LogP contribution in [0.3, 0.4) is 0 Å². The fourth-order valence-corrected chi connectivity index (χ4v) is 3.04. The number of hydrogen-bond acceptors (Lipinski definition) is 4. The molecule has 2 heterocycles. The van der Waals surface area contributed by atoms with Gasteiger partial charge in [0.15, 0.2) is 0 Å². The molecule has 1 amide bonds. The summed E-state index contributed by atoms with van der Waals surface area (Å²) in [6.07, 6.45) is 5.51. The van der Waals surface area contributed by atoms with Gasteiger partial charge in [-0.1, -0.05) is 6.08 Å².